The zero-order valence-corrected chi connectivity index (χ0v) is 11.9. The maximum absolute atomic E-state index is 11.6. The second-order valence-electron chi connectivity index (χ2n) is 5.94. The number of methoxy groups -OCH3 is 1. The van der Waals surface area contributed by atoms with Gasteiger partial charge in [0.1, 0.15) is 5.60 Å². The second-order valence-corrected chi connectivity index (χ2v) is 5.94. The van der Waals surface area contributed by atoms with Crippen LogP contribution in [0, 0.1) is 5.92 Å². The van der Waals surface area contributed by atoms with Gasteiger partial charge in [0, 0.05) is 6.42 Å². The monoisotopic (exact) mass is 273 g/mol. The van der Waals surface area contributed by atoms with Crippen molar-refractivity contribution in [3.8, 4) is 0 Å². The van der Waals surface area contributed by atoms with Gasteiger partial charge in [-0.15, -0.1) is 0 Å². The molecule has 3 atom stereocenters. The number of hydrogen-bond donors (Lipinski definition) is 2. The molecule has 1 aliphatic carbocycles. The van der Waals surface area contributed by atoms with Gasteiger partial charge < -0.3 is 19.9 Å². The Labute approximate surface area is 113 Å². The predicted octanol–water partition coefficient (Wildman–Crippen LogP) is 1.21. The fourth-order valence-electron chi connectivity index (χ4n) is 2.22. The molecular formula is C13H23NO5. The van der Waals surface area contributed by atoms with Gasteiger partial charge in [-0.1, -0.05) is 0 Å². The van der Waals surface area contributed by atoms with E-state index < -0.39 is 17.8 Å². The highest BCUT2D eigenvalue weighted by atomic mass is 16.6. The smallest absolute Gasteiger partial charge is 0.407 e. The standard InChI is InChI=1S/C13H23NO5/c1-13(2,3)19-12(17)14-9-5-8(6-10(9)15)7-11(16)18-4/h8-10,15H,5-7H2,1-4H3,(H,14,17)/t8?,9?,10-/m1/s1. The number of ether oxygens (including phenoxy) is 2. The van der Waals surface area contributed by atoms with Crippen LogP contribution in [-0.4, -0.2) is 42.0 Å². The first-order chi connectivity index (χ1) is 8.71. The third kappa shape index (κ3) is 5.46. The Kier molecular flexibility index (Phi) is 5.17. The molecule has 0 bridgehead atoms. The van der Waals surface area contributed by atoms with Crippen molar-refractivity contribution in [3.05, 3.63) is 0 Å². The summed E-state index contributed by atoms with van der Waals surface area (Å²) >= 11 is 0. The average molecular weight is 273 g/mol. The summed E-state index contributed by atoms with van der Waals surface area (Å²) in [6.07, 6.45) is 0.0999. The number of carbonyl (C=O) groups excluding carboxylic acids is 2. The first-order valence-corrected chi connectivity index (χ1v) is 6.45. The van der Waals surface area contributed by atoms with Crippen LogP contribution >= 0.6 is 0 Å². The van der Waals surface area contributed by atoms with Crippen LogP contribution in [0.1, 0.15) is 40.0 Å². The van der Waals surface area contributed by atoms with Crippen molar-refractivity contribution in [1.82, 2.24) is 5.32 Å². The van der Waals surface area contributed by atoms with E-state index in [1.54, 1.807) is 20.8 Å². The molecule has 1 fully saturated rings. The van der Waals surface area contributed by atoms with E-state index >= 15 is 0 Å². The van der Waals surface area contributed by atoms with E-state index in [2.05, 4.69) is 10.1 Å². The molecule has 19 heavy (non-hydrogen) atoms. The lowest BCUT2D eigenvalue weighted by Crippen LogP contribution is -2.42. The molecule has 0 spiro atoms. The zero-order valence-electron chi connectivity index (χ0n) is 11.9. The summed E-state index contributed by atoms with van der Waals surface area (Å²) in [5.41, 5.74) is -0.570. The van der Waals surface area contributed by atoms with E-state index in [0.29, 0.717) is 12.8 Å². The molecule has 0 aromatic heterocycles. The number of nitrogens with one attached hydrogen (secondary N) is 1. The number of hydrogen-bond acceptors (Lipinski definition) is 5. The van der Waals surface area contributed by atoms with Gasteiger partial charge in [0.15, 0.2) is 0 Å². The molecule has 0 aromatic rings. The molecule has 0 aliphatic heterocycles. The second kappa shape index (κ2) is 6.23. The lowest BCUT2D eigenvalue weighted by Gasteiger charge is -2.23. The Morgan fingerprint density at radius 1 is 1.32 bits per heavy atom. The number of amides is 1. The quantitative estimate of drug-likeness (QED) is 0.755. The average Bonchev–Trinajstić information content (AvgIpc) is 2.56. The van der Waals surface area contributed by atoms with Crippen LogP contribution in [0.5, 0.6) is 0 Å². The minimum atomic E-state index is -0.651. The van der Waals surface area contributed by atoms with E-state index in [9.17, 15) is 14.7 Å². The minimum absolute atomic E-state index is 0.0300. The van der Waals surface area contributed by atoms with E-state index in [0.717, 1.165) is 0 Å². The minimum Gasteiger partial charge on any atom is -0.469 e. The van der Waals surface area contributed by atoms with Gasteiger partial charge in [0.2, 0.25) is 0 Å². The molecule has 0 radical (unpaired) electrons. The lowest BCUT2D eigenvalue weighted by atomic mass is 10.0. The summed E-state index contributed by atoms with van der Waals surface area (Å²) in [4.78, 5) is 22.8. The summed E-state index contributed by atoms with van der Waals surface area (Å²) < 4.78 is 9.73. The highest BCUT2D eigenvalue weighted by Crippen LogP contribution is 2.29. The molecular weight excluding hydrogens is 250 g/mol. The molecule has 1 rings (SSSR count). The van der Waals surface area contributed by atoms with Gasteiger partial charge in [0.25, 0.3) is 0 Å². The van der Waals surface area contributed by atoms with E-state index in [1.165, 1.54) is 7.11 Å². The Bertz CT molecular complexity index is 336. The number of alkyl carbamates (subject to hydrolysis) is 1. The van der Waals surface area contributed by atoms with Crippen molar-refractivity contribution < 1.29 is 24.2 Å². The number of rotatable bonds is 3. The number of aliphatic hydroxyl groups excluding tert-OH is 1. The van der Waals surface area contributed by atoms with Crippen molar-refractivity contribution in [2.24, 2.45) is 5.92 Å². The summed E-state index contributed by atoms with van der Waals surface area (Å²) in [5, 5.41) is 12.5. The van der Waals surface area contributed by atoms with Crippen LogP contribution in [0.4, 0.5) is 4.79 Å². The first kappa shape index (κ1) is 15.8. The predicted molar refractivity (Wildman–Crippen MR) is 68.5 cm³/mol. The van der Waals surface area contributed by atoms with E-state index in [-0.39, 0.29) is 24.3 Å². The van der Waals surface area contributed by atoms with Gasteiger partial charge in [-0.2, -0.15) is 0 Å². The Morgan fingerprint density at radius 2 is 1.95 bits per heavy atom. The summed E-state index contributed by atoms with van der Waals surface area (Å²) in [6.45, 7) is 5.33. The van der Waals surface area contributed by atoms with Crippen molar-refractivity contribution >= 4 is 12.1 Å². The molecule has 2 unspecified atom stereocenters. The maximum Gasteiger partial charge on any atom is 0.407 e. The summed E-state index contributed by atoms with van der Waals surface area (Å²) in [6, 6.07) is -0.371. The molecule has 1 saturated carbocycles. The van der Waals surface area contributed by atoms with Crippen LogP contribution in [0.25, 0.3) is 0 Å². The number of carbonyl (C=O) groups is 2. The van der Waals surface area contributed by atoms with Gasteiger partial charge >= 0.3 is 12.1 Å². The fraction of sp³-hybridized carbons (Fsp3) is 0.846. The zero-order chi connectivity index (χ0) is 14.6. The molecule has 6 nitrogen and oxygen atoms in total. The SMILES string of the molecule is COC(=O)CC1CC(NC(=O)OC(C)(C)C)[C@H](O)C1. The van der Waals surface area contributed by atoms with Crippen LogP contribution in [0.3, 0.4) is 0 Å². The highest BCUT2D eigenvalue weighted by molar-refractivity contribution is 5.70. The third-order valence-electron chi connectivity index (χ3n) is 3.01. The molecule has 110 valence electrons. The van der Waals surface area contributed by atoms with Crippen molar-refractivity contribution in [2.75, 3.05) is 7.11 Å². The topological polar surface area (TPSA) is 84.9 Å². The molecule has 0 heterocycles. The van der Waals surface area contributed by atoms with Crippen molar-refractivity contribution in [3.63, 3.8) is 0 Å². The molecule has 2 N–H and O–H groups in total. The van der Waals surface area contributed by atoms with E-state index in [4.69, 9.17) is 4.74 Å². The number of aliphatic hydroxyl groups is 1. The Balaban J connectivity index is 2.43. The van der Waals surface area contributed by atoms with E-state index in [1.807, 2.05) is 0 Å². The van der Waals surface area contributed by atoms with Crippen LogP contribution in [0.15, 0.2) is 0 Å². The molecule has 1 amide bonds. The van der Waals surface area contributed by atoms with Crippen molar-refractivity contribution in [2.45, 2.75) is 57.8 Å². The Morgan fingerprint density at radius 3 is 2.47 bits per heavy atom. The first-order valence-electron chi connectivity index (χ1n) is 6.45. The number of esters is 1. The lowest BCUT2D eigenvalue weighted by molar-refractivity contribution is -0.141. The van der Waals surface area contributed by atoms with Gasteiger partial charge in [0.05, 0.1) is 19.3 Å². The highest BCUT2D eigenvalue weighted by Gasteiger charge is 2.35. The molecule has 6 heteroatoms. The van der Waals surface area contributed by atoms with Gasteiger partial charge in [-0.25, -0.2) is 4.79 Å². The van der Waals surface area contributed by atoms with Gasteiger partial charge in [-0.3, -0.25) is 4.79 Å². The largest absolute Gasteiger partial charge is 0.469 e. The summed E-state index contributed by atoms with van der Waals surface area (Å²) in [7, 11) is 1.34. The summed E-state index contributed by atoms with van der Waals surface area (Å²) in [5.74, 6) is -0.266. The maximum atomic E-state index is 11.6. The molecule has 0 saturated heterocycles. The van der Waals surface area contributed by atoms with Crippen molar-refractivity contribution in [1.29, 1.82) is 0 Å². The molecule has 0 aromatic carbocycles. The third-order valence-corrected chi connectivity index (χ3v) is 3.01. The fourth-order valence-corrected chi connectivity index (χ4v) is 2.22. The van der Waals surface area contributed by atoms with Crippen LogP contribution in [-0.2, 0) is 14.3 Å². The Hall–Kier alpha value is -1.30. The molecule has 1 aliphatic rings. The van der Waals surface area contributed by atoms with Crippen LogP contribution < -0.4 is 5.32 Å². The van der Waals surface area contributed by atoms with Crippen LogP contribution in [0.2, 0.25) is 0 Å². The normalized spacial score (nSPS) is 26.9. The van der Waals surface area contributed by atoms with Gasteiger partial charge in [-0.05, 0) is 39.5 Å².